The van der Waals surface area contributed by atoms with Crippen LogP contribution < -0.4 is 5.32 Å². The van der Waals surface area contributed by atoms with Gasteiger partial charge in [0.15, 0.2) is 0 Å². The summed E-state index contributed by atoms with van der Waals surface area (Å²) in [5.41, 5.74) is 3.37. The van der Waals surface area contributed by atoms with Crippen molar-refractivity contribution in [1.29, 1.82) is 0 Å². The zero-order valence-electron chi connectivity index (χ0n) is 20.5. The summed E-state index contributed by atoms with van der Waals surface area (Å²) in [4.78, 5) is 32.4. The first-order valence-corrected chi connectivity index (χ1v) is 12.4. The first-order chi connectivity index (χ1) is 17.6. The van der Waals surface area contributed by atoms with Crippen LogP contribution in [0.15, 0.2) is 72.9 Å². The molecule has 4 aromatic rings. The van der Waals surface area contributed by atoms with E-state index in [2.05, 4.69) is 10.3 Å². The molecule has 190 valence electrons. The Morgan fingerprint density at radius 1 is 1.03 bits per heavy atom. The van der Waals surface area contributed by atoms with Crippen LogP contribution in [0.25, 0.3) is 16.9 Å². The summed E-state index contributed by atoms with van der Waals surface area (Å²) in [5, 5.41) is 3.32. The van der Waals surface area contributed by atoms with Gasteiger partial charge in [-0.3, -0.25) is 19.5 Å². The third-order valence-electron chi connectivity index (χ3n) is 5.78. The highest BCUT2D eigenvalue weighted by atomic mass is 35.5. The Morgan fingerprint density at radius 3 is 2.32 bits per heavy atom. The van der Waals surface area contributed by atoms with Gasteiger partial charge in [-0.2, -0.15) is 0 Å². The van der Waals surface area contributed by atoms with E-state index in [4.69, 9.17) is 23.2 Å². The standard InChI is InChI=1S/C28H25Cl2FN4O2/c1-17(2)34(27(37)20-6-4-18(3)5-7-20)16-26(36)33-28-32-25(19-8-10-21(29)11-9-19)15-35(28)22-12-13-24(31)23(30)14-22/h4-15,17H,16H2,1-3H3,(H,32,33,36). The molecule has 0 atom stereocenters. The number of benzene rings is 3. The van der Waals surface area contributed by atoms with Crippen LogP contribution in [-0.2, 0) is 4.79 Å². The fraction of sp³-hybridized carbons (Fsp3) is 0.179. The first-order valence-electron chi connectivity index (χ1n) is 11.6. The lowest BCUT2D eigenvalue weighted by Gasteiger charge is -2.26. The van der Waals surface area contributed by atoms with Gasteiger partial charge in [0.25, 0.3) is 5.91 Å². The van der Waals surface area contributed by atoms with Crippen LogP contribution in [-0.4, -0.2) is 38.9 Å². The zero-order valence-corrected chi connectivity index (χ0v) is 22.0. The van der Waals surface area contributed by atoms with E-state index in [9.17, 15) is 14.0 Å². The fourth-order valence-electron chi connectivity index (χ4n) is 3.73. The highest BCUT2D eigenvalue weighted by Gasteiger charge is 2.23. The maximum absolute atomic E-state index is 13.8. The largest absolute Gasteiger partial charge is 0.327 e. The predicted molar refractivity (Wildman–Crippen MR) is 145 cm³/mol. The number of imidazole rings is 1. The highest BCUT2D eigenvalue weighted by Crippen LogP contribution is 2.27. The van der Waals surface area contributed by atoms with Gasteiger partial charge in [-0.05, 0) is 63.2 Å². The van der Waals surface area contributed by atoms with E-state index >= 15 is 0 Å². The Labute approximate surface area is 224 Å². The normalized spacial score (nSPS) is 11.0. The molecule has 0 saturated carbocycles. The van der Waals surface area contributed by atoms with Crippen LogP contribution in [0, 0.1) is 12.7 Å². The SMILES string of the molecule is Cc1ccc(C(=O)N(CC(=O)Nc2nc(-c3ccc(Cl)cc3)cn2-c2ccc(F)c(Cl)c2)C(C)C)cc1. The minimum absolute atomic E-state index is 0.0637. The molecule has 0 bridgehead atoms. The van der Waals surface area contributed by atoms with Crippen LogP contribution in [0.5, 0.6) is 0 Å². The molecule has 0 radical (unpaired) electrons. The molecular weight excluding hydrogens is 514 g/mol. The van der Waals surface area contributed by atoms with Crippen molar-refractivity contribution >= 4 is 41.0 Å². The minimum Gasteiger partial charge on any atom is -0.327 e. The lowest BCUT2D eigenvalue weighted by Crippen LogP contribution is -2.42. The van der Waals surface area contributed by atoms with Gasteiger partial charge in [0.1, 0.15) is 12.4 Å². The van der Waals surface area contributed by atoms with Crippen molar-refractivity contribution in [3.63, 3.8) is 0 Å². The molecule has 9 heteroatoms. The number of nitrogens with zero attached hydrogens (tertiary/aromatic N) is 3. The summed E-state index contributed by atoms with van der Waals surface area (Å²) in [5.74, 6) is -1.04. The Balaban J connectivity index is 1.64. The summed E-state index contributed by atoms with van der Waals surface area (Å²) in [6, 6.07) is 18.3. The zero-order chi connectivity index (χ0) is 26.7. The number of aryl methyl sites for hydroxylation is 1. The topological polar surface area (TPSA) is 67.2 Å². The molecule has 6 nitrogen and oxygen atoms in total. The second-order valence-corrected chi connectivity index (χ2v) is 9.71. The number of nitrogens with one attached hydrogen (secondary N) is 1. The molecule has 0 unspecified atom stereocenters. The van der Waals surface area contributed by atoms with Crippen LogP contribution in [0.2, 0.25) is 10.0 Å². The lowest BCUT2D eigenvalue weighted by atomic mass is 10.1. The van der Waals surface area contributed by atoms with Crippen LogP contribution in [0.3, 0.4) is 0 Å². The van der Waals surface area contributed by atoms with E-state index in [1.165, 1.54) is 23.1 Å². The number of amides is 2. The van der Waals surface area contributed by atoms with E-state index in [1.807, 2.05) is 32.9 Å². The highest BCUT2D eigenvalue weighted by molar-refractivity contribution is 6.31. The molecule has 0 spiro atoms. The number of hydrogen-bond acceptors (Lipinski definition) is 3. The average Bonchev–Trinajstić information content (AvgIpc) is 3.28. The van der Waals surface area contributed by atoms with Crippen molar-refractivity contribution in [3.05, 3.63) is 99.9 Å². The van der Waals surface area contributed by atoms with Crippen molar-refractivity contribution in [3.8, 4) is 16.9 Å². The van der Waals surface area contributed by atoms with E-state index in [-0.39, 0.29) is 29.5 Å². The molecule has 3 aromatic carbocycles. The molecule has 0 fully saturated rings. The molecule has 1 heterocycles. The minimum atomic E-state index is -0.559. The number of anilines is 1. The van der Waals surface area contributed by atoms with Crippen LogP contribution in [0.1, 0.15) is 29.8 Å². The van der Waals surface area contributed by atoms with E-state index in [1.54, 1.807) is 47.2 Å². The van der Waals surface area contributed by atoms with Crippen molar-refractivity contribution in [1.82, 2.24) is 14.5 Å². The van der Waals surface area contributed by atoms with Gasteiger partial charge >= 0.3 is 0 Å². The number of rotatable bonds is 7. The summed E-state index contributed by atoms with van der Waals surface area (Å²) < 4.78 is 15.4. The number of carbonyl (C=O) groups is 2. The Hall–Kier alpha value is -3.68. The van der Waals surface area contributed by atoms with E-state index in [0.717, 1.165) is 11.1 Å². The molecule has 0 saturated heterocycles. The molecule has 37 heavy (non-hydrogen) atoms. The van der Waals surface area contributed by atoms with Gasteiger partial charge in [0, 0.05) is 28.4 Å². The van der Waals surface area contributed by atoms with Gasteiger partial charge in [-0.15, -0.1) is 0 Å². The smallest absolute Gasteiger partial charge is 0.254 e. The van der Waals surface area contributed by atoms with Gasteiger partial charge in [-0.25, -0.2) is 9.37 Å². The quantitative estimate of drug-likeness (QED) is 0.282. The molecular formula is C28H25Cl2FN4O2. The molecule has 0 aliphatic heterocycles. The molecule has 0 aliphatic carbocycles. The van der Waals surface area contributed by atoms with Gasteiger partial charge < -0.3 is 4.90 Å². The van der Waals surface area contributed by atoms with E-state index in [0.29, 0.717) is 22.0 Å². The Morgan fingerprint density at radius 2 is 1.70 bits per heavy atom. The summed E-state index contributed by atoms with van der Waals surface area (Å²) in [6.07, 6.45) is 1.71. The molecule has 1 aromatic heterocycles. The van der Waals surface area contributed by atoms with Crippen molar-refractivity contribution < 1.29 is 14.0 Å². The van der Waals surface area contributed by atoms with Gasteiger partial charge in [0.05, 0.1) is 16.4 Å². The maximum Gasteiger partial charge on any atom is 0.254 e. The average molecular weight is 539 g/mol. The van der Waals surface area contributed by atoms with Crippen molar-refractivity contribution in [2.45, 2.75) is 26.8 Å². The summed E-state index contributed by atoms with van der Waals surface area (Å²) >= 11 is 12.0. The third-order valence-corrected chi connectivity index (χ3v) is 6.32. The Kier molecular flexibility index (Phi) is 7.95. The van der Waals surface area contributed by atoms with Crippen molar-refractivity contribution in [2.75, 3.05) is 11.9 Å². The lowest BCUT2D eigenvalue weighted by molar-refractivity contribution is -0.117. The monoisotopic (exact) mass is 538 g/mol. The van der Waals surface area contributed by atoms with Gasteiger partial charge in [0.2, 0.25) is 11.9 Å². The maximum atomic E-state index is 13.8. The first kappa shape index (κ1) is 26.4. The second-order valence-electron chi connectivity index (χ2n) is 8.87. The van der Waals surface area contributed by atoms with E-state index < -0.39 is 11.7 Å². The molecule has 2 amide bonds. The summed E-state index contributed by atoms with van der Waals surface area (Å²) in [7, 11) is 0. The number of carbonyl (C=O) groups excluding carboxylic acids is 2. The van der Waals surface area contributed by atoms with Crippen molar-refractivity contribution in [2.24, 2.45) is 0 Å². The molecule has 1 N–H and O–H groups in total. The summed E-state index contributed by atoms with van der Waals surface area (Å²) in [6.45, 7) is 5.45. The predicted octanol–water partition coefficient (Wildman–Crippen LogP) is 6.78. The van der Waals surface area contributed by atoms with Crippen LogP contribution >= 0.6 is 23.2 Å². The number of aromatic nitrogens is 2. The van der Waals surface area contributed by atoms with Gasteiger partial charge in [-0.1, -0.05) is 53.0 Å². The number of halogens is 3. The molecule has 4 rings (SSSR count). The second kappa shape index (κ2) is 11.2. The molecule has 0 aliphatic rings. The fourth-order valence-corrected chi connectivity index (χ4v) is 4.03. The third kappa shape index (κ3) is 6.18. The Bertz CT molecular complexity index is 1430. The number of hydrogen-bond donors (Lipinski definition) is 1. The van der Waals surface area contributed by atoms with Crippen LogP contribution in [0.4, 0.5) is 10.3 Å².